The van der Waals surface area contributed by atoms with E-state index < -0.39 is 10.0 Å². The summed E-state index contributed by atoms with van der Waals surface area (Å²) in [6.45, 7) is 0.243. The number of hydrogen-bond donors (Lipinski definition) is 1. The molecule has 0 fully saturated rings. The molecule has 0 saturated carbocycles. The Morgan fingerprint density at radius 1 is 1.00 bits per heavy atom. The van der Waals surface area contributed by atoms with Gasteiger partial charge in [0.25, 0.3) is 0 Å². The van der Waals surface area contributed by atoms with Gasteiger partial charge in [-0.1, -0.05) is 47.0 Å². The maximum Gasteiger partial charge on any atom is 0.240 e. The summed E-state index contributed by atoms with van der Waals surface area (Å²) < 4.78 is 30.7. The Balaban J connectivity index is 1.69. The summed E-state index contributed by atoms with van der Waals surface area (Å²) in [7, 11) is -3.48. The van der Waals surface area contributed by atoms with Gasteiger partial charge in [0.15, 0.2) is 0 Å². The topological polar surface area (TPSA) is 72.0 Å². The number of sulfonamides is 1. The Morgan fingerprint density at radius 3 is 2.36 bits per heavy atom. The van der Waals surface area contributed by atoms with E-state index in [9.17, 15) is 8.42 Å². The van der Waals surface area contributed by atoms with Gasteiger partial charge < -0.3 is 0 Å². The van der Waals surface area contributed by atoms with Gasteiger partial charge in [0.1, 0.15) is 5.69 Å². The quantitative estimate of drug-likeness (QED) is 0.780. The van der Waals surface area contributed by atoms with E-state index in [1.807, 2.05) is 29.6 Å². The van der Waals surface area contributed by atoms with Crippen LogP contribution in [0.3, 0.4) is 0 Å². The first kappa shape index (κ1) is 14.8. The third-order valence-electron chi connectivity index (χ3n) is 3.13. The molecule has 112 valence electrons. The first-order valence-electron chi connectivity index (χ1n) is 6.56. The van der Waals surface area contributed by atoms with Crippen LogP contribution in [0.1, 0.15) is 5.56 Å². The molecule has 0 saturated heterocycles. The number of nitrogens with zero attached hydrogens (tertiary/aromatic N) is 2. The Bertz CT molecular complexity index is 830. The minimum Gasteiger partial charge on any atom is -0.207 e. The molecule has 7 heteroatoms. The molecule has 0 aliphatic heterocycles. The van der Waals surface area contributed by atoms with Crippen LogP contribution >= 0.6 is 11.5 Å². The van der Waals surface area contributed by atoms with Crippen molar-refractivity contribution >= 4 is 21.6 Å². The predicted molar refractivity (Wildman–Crippen MR) is 85.8 cm³/mol. The standard InChI is InChI=1S/C15H13N3O2S2/c19-22(20,14-4-2-1-3-5-14)16-10-12-6-8-13(9-7-12)15-11-21-18-17-15/h1-9,11,16H,10H2. The lowest BCUT2D eigenvalue weighted by molar-refractivity contribution is 0.581. The van der Waals surface area contributed by atoms with Crippen LogP contribution in [0.5, 0.6) is 0 Å². The minimum absolute atomic E-state index is 0.243. The zero-order chi connectivity index (χ0) is 15.4. The van der Waals surface area contributed by atoms with Crippen molar-refractivity contribution in [3.8, 4) is 11.3 Å². The normalized spacial score (nSPS) is 11.5. The Labute approximate surface area is 132 Å². The second-order valence-electron chi connectivity index (χ2n) is 4.62. The summed E-state index contributed by atoms with van der Waals surface area (Å²) in [4.78, 5) is 0.264. The lowest BCUT2D eigenvalue weighted by atomic mass is 10.1. The molecule has 1 heterocycles. The molecule has 1 aromatic heterocycles. The van der Waals surface area contributed by atoms with Gasteiger partial charge in [-0.05, 0) is 29.2 Å². The average molecular weight is 331 g/mol. The van der Waals surface area contributed by atoms with Crippen LogP contribution in [0, 0.1) is 0 Å². The van der Waals surface area contributed by atoms with Gasteiger partial charge in [-0.3, -0.25) is 0 Å². The maximum absolute atomic E-state index is 12.1. The van der Waals surface area contributed by atoms with Crippen LogP contribution in [-0.4, -0.2) is 18.0 Å². The Hall–Kier alpha value is -2.09. The smallest absolute Gasteiger partial charge is 0.207 e. The van der Waals surface area contributed by atoms with Crippen LogP contribution in [-0.2, 0) is 16.6 Å². The lowest BCUT2D eigenvalue weighted by Crippen LogP contribution is -2.23. The van der Waals surface area contributed by atoms with E-state index in [0.29, 0.717) is 0 Å². The van der Waals surface area contributed by atoms with Crippen LogP contribution in [0.15, 0.2) is 64.9 Å². The Kier molecular flexibility index (Phi) is 4.28. The predicted octanol–water partition coefficient (Wildman–Crippen LogP) is 2.68. The highest BCUT2D eigenvalue weighted by molar-refractivity contribution is 7.89. The second-order valence-corrected chi connectivity index (χ2v) is 7.00. The number of nitrogens with one attached hydrogen (secondary N) is 1. The van der Waals surface area contributed by atoms with Crippen molar-refractivity contribution in [1.29, 1.82) is 0 Å². The fourth-order valence-electron chi connectivity index (χ4n) is 1.95. The number of benzene rings is 2. The van der Waals surface area contributed by atoms with E-state index in [-0.39, 0.29) is 11.4 Å². The highest BCUT2D eigenvalue weighted by atomic mass is 32.2. The van der Waals surface area contributed by atoms with Crippen molar-refractivity contribution in [2.24, 2.45) is 0 Å². The van der Waals surface area contributed by atoms with E-state index in [4.69, 9.17) is 0 Å². The minimum atomic E-state index is -3.48. The molecule has 0 unspecified atom stereocenters. The zero-order valence-corrected chi connectivity index (χ0v) is 13.1. The molecule has 22 heavy (non-hydrogen) atoms. The number of hydrogen-bond acceptors (Lipinski definition) is 5. The van der Waals surface area contributed by atoms with Crippen molar-refractivity contribution in [3.63, 3.8) is 0 Å². The van der Waals surface area contributed by atoms with E-state index in [0.717, 1.165) is 16.8 Å². The Morgan fingerprint density at radius 2 is 1.73 bits per heavy atom. The molecule has 0 bridgehead atoms. The molecule has 0 atom stereocenters. The molecule has 0 aliphatic carbocycles. The molecular formula is C15H13N3O2S2. The number of aromatic nitrogens is 2. The molecule has 3 rings (SSSR count). The van der Waals surface area contributed by atoms with Gasteiger partial charge >= 0.3 is 0 Å². The highest BCUT2D eigenvalue weighted by Gasteiger charge is 2.12. The number of rotatable bonds is 5. The summed E-state index contributed by atoms with van der Waals surface area (Å²) in [5, 5.41) is 5.87. The highest BCUT2D eigenvalue weighted by Crippen LogP contribution is 2.18. The molecule has 3 aromatic rings. The fourth-order valence-corrected chi connectivity index (χ4v) is 3.45. The van der Waals surface area contributed by atoms with Gasteiger partial charge in [-0.15, -0.1) is 5.10 Å². The van der Waals surface area contributed by atoms with Gasteiger partial charge in [-0.2, -0.15) is 0 Å². The van der Waals surface area contributed by atoms with Crippen molar-refractivity contribution in [2.75, 3.05) is 0 Å². The van der Waals surface area contributed by atoms with Crippen molar-refractivity contribution in [3.05, 3.63) is 65.5 Å². The van der Waals surface area contributed by atoms with Gasteiger partial charge in [0.2, 0.25) is 10.0 Å². The summed E-state index contributed by atoms with van der Waals surface area (Å²) in [5.74, 6) is 0. The summed E-state index contributed by atoms with van der Waals surface area (Å²) in [6.07, 6.45) is 0. The third-order valence-corrected chi connectivity index (χ3v) is 5.05. The van der Waals surface area contributed by atoms with Crippen molar-refractivity contribution in [2.45, 2.75) is 11.4 Å². The van der Waals surface area contributed by atoms with Gasteiger partial charge in [-0.25, -0.2) is 13.1 Å². The summed E-state index contributed by atoms with van der Waals surface area (Å²) in [6, 6.07) is 15.9. The van der Waals surface area contributed by atoms with E-state index >= 15 is 0 Å². The van der Waals surface area contributed by atoms with Crippen LogP contribution in [0.2, 0.25) is 0 Å². The molecule has 2 aromatic carbocycles. The molecule has 0 radical (unpaired) electrons. The van der Waals surface area contributed by atoms with Crippen LogP contribution in [0.4, 0.5) is 0 Å². The first-order valence-corrected chi connectivity index (χ1v) is 8.88. The van der Waals surface area contributed by atoms with Crippen molar-refractivity contribution in [1.82, 2.24) is 14.3 Å². The van der Waals surface area contributed by atoms with E-state index in [1.165, 1.54) is 11.5 Å². The van der Waals surface area contributed by atoms with E-state index in [2.05, 4.69) is 14.3 Å². The molecular weight excluding hydrogens is 318 g/mol. The van der Waals surface area contributed by atoms with Crippen LogP contribution < -0.4 is 4.72 Å². The van der Waals surface area contributed by atoms with Crippen LogP contribution in [0.25, 0.3) is 11.3 Å². The zero-order valence-electron chi connectivity index (χ0n) is 11.5. The van der Waals surface area contributed by atoms with Gasteiger partial charge in [0, 0.05) is 17.5 Å². The molecule has 0 amide bonds. The first-order chi connectivity index (χ1) is 10.6. The summed E-state index contributed by atoms with van der Waals surface area (Å²) >= 11 is 1.30. The SMILES string of the molecule is O=S(=O)(NCc1ccc(-c2csnn2)cc1)c1ccccc1. The second kappa shape index (κ2) is 6.35. The largest absolute Gasteiger partial charge is 0.240 e. The molecule has 5 nitrogen and oxygen atoms in total. The fraction of sp³-hybridized carbons (Fsp3) is 0.0667. The van der Waals surface area contributed by atoms with Crippen molar-refractivity contribution < 1.29 is 8.42 Å². The summed E-state index contributed by atoms with van der Waals surface area (Å²) in [5.41, 5.74) is 2.66. The third kappa shape index (κ3) is 3.38. The lowest BCUT2D eigenvalue weighted by Gasteiger charge is -2.07. The molecule has 0 spiro atoms. The maximum atomic E-state index is 12.1. The van der Waals surface area contributed by atoms with Gasteiger partial charge in [0.05, 0.1) is 4.90 Å². The molecule has 0 aliphatic rings. The molecule has 1 N–H and O–H groups in total. The van der Waals surface area contributed by atoms with E-state index in [1.54, 1.807) is 30.3 Å². The average Bonchev–Trinajstić information content (AvgIpc) is 3.09. The monoisotopic (exact) mass is 331 g/mol.